The largest absolute Gasteiger partial charge is 0.345 e. The average Bonchev–Trinajstić information content (AvgIpc) is 3.32. The third kappa shape index (κ3) is 5.98. The van der Waals surface area contributed by atoms with Crippen molar-refractivity contribution in [2.75, 3.05) is 6.54 Å². The fourth-order valence-corrected chi connectivity index (χ4v) is 4.20. The topological polar surface area (TPSA) is 25.2 Å². The van der Waals surface area contributed by atoms with Crippen molar-refractivity contribution < 1.29 is 4.79 Å². The van der Waals surface area contributed by atoms with Crippen LogP contribution in [0.4, 0.5) is 0 Å². The number of aromatic nitrogens is 1. The standard InChI is InChI=1S/C24H34N2O/c1-20(2)17-26(24(27)15-14-21-9-6-7-10-21)19-23-13-8-16-25(23)18-22-11-4-3-5-12-22/h3-5,8,11-13,16,20-21H,6-7,9-10,14-15,17-19H2,1-2H3. The van der Waals surface area contributed by atoms with Crippen molar-refractivity contribution in [3.8, 4) is 0 Å². The van der Waals surface area contributed by atoms with Crippen LogP contribution in [0.25, 0.3) is 0 Å². The van der Waals surface area contributed by atoms with Gasteiger partial charge in [0.1, 0.15) is 0 Å². The van der Waals surface area contributed by atoms with Gasteiger partial charge in [0, 0.05) is 31.4 Å². The van der Waals surface area contributed by atoms with E-state index in [1.54, 1.807) is 0 Å². The van der Waals surface area contributed by atoms with E-state index in [4.69, 9.17) is 0 Å². The van der Waals surface area contributed by atoms with Crippen molar-refractivity contribution in [2.45, 2.75) is 65.5 Å². The molecule has 1 amide bonds. The van der Waals surface area contributed by atoms with E-state index in [1.165, 1.54) is 36.9 Å². The Morgan fingerprint density at radius 1 is 1.11 bits per heavy atom. The van der Waals surface area contributed by atoms with Gasteiger partial charge in [-0.2, -0.15) is 0 Å². The maximum Gasteiger partial charge on any atom is 0.222 e. The number of carbonyl (C=O) groups is 1. The highest BCUT2D eigenvalue weighted by Crippen LogP contribution is 2.29. The molecule has 0 unspecified atom stereocenters. The van der Waals surface area contributed by atoms with E-state index in [0.29, 0.717) is 24.8 Å². The number of amides is 1. The molecule has 1 aromatic carbocycles. The Bertz CT molecular complexity index is 698. The SMILES string of the molecule is CC(C)CN(Cc1cccn1Cc1ccccc1)C(=O)CCC1CCCC1. The Balaban J connectivity index is 1.63. The summed E-state index contributed by atoms with van der Waals surface area (Å²) >= 11 is 0. The van der Waals surface area contributed by atoms with Crippen LogP contribution >= 0.6 is 0 Å². The third-order valence-electron chi connectivity index (χ3n) is 5.65. The lowest BCUT2D eigenvalue weighted by molar-refractivity contribution is -0.132. The van der Waals surface area contributed by atoms with Gasteiger partial charge >= 0.3 is 0 Å². The van der Waals surface area contributed by atoms with Crippen LogP contribution in [-0.4, -0.2) is 21.9 Å². The first-order valence-electron chi connectivity index (χ1n) is 10.6. The zero-order valence-electron chi connectivity index (χ0n) is 16.9. The van der Waals surface area contributed by atoms with Gasteiger partial charge in [-0.1, -0.05) is 69.9 Å². The van der Waals surface area contributed by atoms with Crippen molar-refractivity contribution >= 4 is 5.91 Å². The number of rotatable bonds is 9. The first kappa shape index (κ1) is 19.7. The highest BCUT2D eigenvalue weighted by Gasteiger charge is 2.20. The highest BCUT2D eigenvalue weighted by atomic mass is 16.2. The van der Waals surface area contributed by atoms with Gasteiger partial charge in [-0.05, 0) is 36.0 Å². The average molecular weight is 367 g/mol. The summed E-state index contributed by atoms with van der Waals surface area (Å²) in [6.07, 6.45) is 9.23. The molecule has 1 heterocycles. The number of nitrogens with zero attached hydrogens (tertiary/aromatic N) is 2. The first-order chi connectivity index (χ1) is 13.1. The Labute approximate surface area is 164 Å². The molecule has 0 N–H and O–H groups in total. The summed E-state index contributed by atoms with van der Waals surface area (Å²) in [7, 11) is 0. The van der Waals surface area contributed by atoms with Gasteiger partial charge < -0.3 is 9.47 Å². The molecular formula is C24H34N2O. The molecule has 0 bridgehead atoms. The zero-order chi connectivity index (χ0) is 19.1. The van der Waals surface area contributed by atoms with Gasteiger partial charge in [-0.3, -0.25) is 4.79 Å². The molecule has 146 valence electrons. The van der Waals surface area contributed by atoms with Gasteiger partial charge in [0.25, 0.3) is 0 Å². The van der Waals surface area contributed by atoms with Crippen molar-refractivity contribution in [3.63, 3.8) is 0 Å². The van der Waals surface area contributed by atoms with E-state index in [9.17, 15) is 4.79 Å². The van der Waals surface area contributed by atoms with Crippen LogP contribution in [0, 0.1) is 11.8 Å². The molecule has 1 aliphatic rings. The maximum absolute atomic E-state index is 12.9. The lowest BCUT2D eigenvalue weighted by Crippen LogP contribution is -2.34. The predicted octanol–water partition coefficient (Wildman–Crippen LogP) is 5.49. The Kier molecular flexibility index (Phi) is 7.14. The van der Waals surface area contributed by atoms with Crippen LogP contribution in [-0.2, 0) is 17.9 Å². The summed E-state index contributed by atoms with van der Waals surface area (Å²) in [6, 6.07) is 14.8. The van der Waals surface area contributed by atoms with Gasteiger partial charge in [-0.15, -0.1) is 0 Å². The third-order valence-corrected chi connectivity index (χ3v) is 5.65. The molecular weight excluding hydrogens is 332 g/mol. The summed E-state index contributed by atoms with van der Waals surface area (Å²) in [6.45, 7) is 6.79. The lowest BCUT2D eigenvalue weighted by Gasteiger charge is -2.26. The van der Waals surface area contributed by atoms with E-state index in [-0.39, 0.29) is 0 Å². The van der Waals surface area contributed by atoms with Gasteiger partial charge in [0.2, 0.25) is 5.91 Å². The van der Waals surface area contributed by atoms with E-state index in [1.807, 2.05) is 6.07 Å². The smallest absolute Gasteiger partial charge is 0.222 e. The maximum atomic E-state index is 12.9. The minimum absolute atomic E-state index is 0.322. The van der Waals surface area contributed by atoms with E-state index in [2.05, 4.69) is 65.9 Å². The molecule has 27 heavy (non-hydrogen) atoms. The molecule has 0 spiro atoms. The molecule has 1 saturated carbocycles. The number of hydrogen-bond acceptors (Lipinski definition) is 1. The molecule has 3 heteroatoms. The van der Waals surface area contributed by atoms with Crippen LogP contribution in [0.3, 0.4) is 0 Å². The van der Waals surface area contributed by atoms with Crippen molar-refractivity contribution in [1.29, 1.82) is 0 Å². The molecule has 2 aromatic rings. The second kappa shape index (κ2) is 9.77. The predicted molar refractivity (Wildman–Crippen MR) is 111 cm³/mol. The second-order valence-electron chi connectivity index (χ2n) is 8.47. The molecule has 1 aromatic heterocycles. The zero-order valence-corrected chi connectivity index (χ0v) is 16.9. The molecule has 1 fully saturated rings. The number of hydrogen-bond donors (Lipinski definition) is 0. The van der Waals surface area contributed by atoms with Gasteiger partial charge in [0.05, 0.1) is 6.54 Å². The molecule has 0 radical (unpaired) electrons. The molecule has 3 nitrogen and oxygen atoms in total. The minimum atomic E-state index is 0.322. The van der Waals surface area contributed by atoms with Crippen LogP contribution in [0.15, 0.2) is 48.7 Å². The van der Waals surface area contributed by atoms with E-state index < -0.39 is 0 Å². The Morgan fingerprint density at radius 2 is 1.85 bits per heavy atom. The summed E-state index contributed by atoms with van der Waals surface area (Å²) in [5.74, 6) is 1.58. The minimum Gasteiger partial charge on any atom is -0.345 e. The van der Waals surface area contributed by atoms with Crippen LogP contribution in [0.1, 0.15) is 63.6 Å². The fourth-order valence-electron chi connectivity index (χ4n) is 4.20. The summed E-state index contributed by atoms with van der Waals surface area (Å²) in [5, 5.41) is 0. The summed E-state index contributed by atoms with van der Waals surface area (Å²) in [5.41, 5.74) is 2.51. The van der Waals surface area contributed by atoms with Crippen molar-refractivity contribution in [1.82, 2.24) is 9.47 Å². The van der Waals surface area contributed by atoms with E-state index >= 15 is 0 Å². The molecule has 0 saturated heterocycles. The van der Waals surface area contributed by atoms with Gasteiger partial charge in [-0.25, -0.2) is 0 Å². The van der Waals surface area contributed by atoms with Crippen molar-refractivity contribution in [2.24, 2.45) is 11.8 Å². The number of benzene rings is 1. The fraction of sp³-hybridized carbons (Fsp3) is 0.542. The molecule has 0 aliphatic heterocycles. The monoisotopic (exact) mass is 366 g/mol. The van der Waals surface area contributed by atoms with Gasteiger partial charge in [0.15, 0.2) is 0 Å². The normalized spacial score (nSPS) is 14.8. The van der Waals surface area contributed by atoms with Crippen LogP contribution < -0.4 is 0 Å². The first-order valence-corrected chi connectivity index (χ1v) is 10.6. The molecule has 1 aliphatic carbocycles. The lowest BCUT2D eigenvalue weighted by atomic mass is 10.0. The van der Waals surface area contributed by atoms with E-state index in [0.717, 1.165) is 25.4 Å². The quantitative estimate of drug-likeness (QED) is 0.576. The Morgan fingerprint density at radius 3 is 2.56 bits per heavy atom. The van der Waals surface area contributed by atoms with Crippen LogP contribution in [0.2, 0.25) is 0 Å². The molecule has 3 rings (SSSR count). The second-order valence-corrected chi connectivity index (χ2v) is 8.47. The highest BCUT2D eigenvalue weighted by molar-refractivity contribution is 5.76. The molecule has 0 atom stereocenters. The van der Waals surface area contributed by atoms with Crippen LogP contribution in [0.5, 0.6) is 0 Å². The number of carbonyl (C=O) groups excluding carboxylic acids is 1. The Hall–Kier alpha value is -2.03. The summed E-state index contributed by atoms with van der Waals surface area (Å²) < 4.78 is 2.27. The van der Waals surface area contributed by atoms with Crippen molar-refractivity contribution in [3.05, 3.63) is 59.9 Å². The summed E-state index contributed by atoms with van der Waals surface area (Å²) in [4.78, 5) is 15.0.